The highest BCUT2D eigenvalue weighted by Gasteiger charge is 2.39. The molecule has 1 saturated carbocycles. The molecule has 1 heterocycles. The van der Waals surface area contributed by atoms with E-state index in [1.165, 1.54) is 38.6 Å². The second-order valence-corrected chi connectivity index (χ2v) is 7.57. The van der Waals surface area contributed by atoms with Gasteiger partial charge in [0.25, 0.3) is 0 Å². The van der Waals surface area contributed by atoms with Gasteiger partial charge in [0.05, 0.1) is 6.10 Å². The minimum atomic E-state index is -0.115. The van der Waals surface area contributed by atoms with E-state index in [0.717, 1.165) is 12.5 Å². The molecule has 1 aliphatic carbocycles. The lowest BCUT2D eigenvalue weighted by molar-refractivity contribution is -0.0509. The molecule has 0 aromatic heterocycles. The lowest BCUT2D eigenvalue weighted by Gasteiger charge is -2.45. The van der Waals surface area contributed by atoms with Gasteiger partial charge in [-0.15, -0.1) is 0 Å². The minimum absolute atomic E-state index is 0.115. The van der Waals surface area contributed by atoms with Crippen molar-refractivity contribution in [3.8, 4) is 0 Å². The summed E-state index contributed by atoms with van der Waals surface area (Å²) in [6, 6.07) is 0.707. The number of hydrogen-bond acceptors (Lipinski definition) is 2. The van der Waals surface area contributed by atoms with Crippen LogP contribution in [0, 0.1) is 17.3 Å². The van der Waals surface area contributed by atoms with E-state index in [0.29, 0.717) is 12.0 Å². The third-order valence-corrected chi connectivity index (χ3v) is 5.36. The first-order valence-electron chi connectivity index (χ1n) is 7.82. The van der Waals surface area contributed by atoms with Gasteiger partial charge in [-0.25, -0.2) is 0 Å². The Bertz CT molecular complexity index is 276. The predicted octanol–water partition coefficient (Wildman–Crippen LogP) is 3.29. The average molecular weight is 253 g/mol. The molecule has 18 heavy (non-hydrogen) atoms. The minimum Gasteiger partial charge on any atom is -0.392 e. The third kappa shape index (κ3) is 3.08. The summed E-state index contributed by atoms with van der Waals surface area (Å²) >= 11 is 0. The Labute approximate surface area is 113 Å². The molecule has 1 N–H and O–H groups in total. The monoisotopic (exact) mass is 253 g/mol. The van der Waals surface area contributed by atoms with Gasteiger partial charge in [-0.3, -0.25) is 0 Å². The van der Waals surface area contributed by atoms with Gasteiger partial charge in [0, 0.05) is 19.1 Å². The highest BCUT2D eigenvalue weighted by molar-refractivity contribution is 4.90. The highest BCUT2D eigenvalue weighted by atomic mass is 16.3. The molecule has 0 aromatic carbocycles. The summed E-state index contributed by atoms with van der Waals surface area (Å²) in [6.07, 6.45) is 6.26. The molecule has 2 fully saturated rings. The summed E-state index contributed by atoms with van der Waals surface area (Å²) in [4.78, 5) is 2.63. The Morgan fingerprint density at radius 2 is 1.89 bits per heavy atom. The molecule has 0 bridgehead atoms. The molecular formula is C16H31NO. The van der Waals surface area contributed by atoms with Gasteiger partial charge in [-0.05, 0) is 49.9 Å². The van der Waals surface area contributed by atoms with Crippen LogP contribution in [-0.2, 0) is 0 Å². The van der Waals surface area contributed by atoms with Crippen molar-refractivity contribution >= 4 is 0 Å². The van der Waals surface area contributed by atoms with Crippen molar-refractivity contribution in [1.29, 1.82) is 0 Å². The first-order valence-corrected chi connectivity index (χ1v) is 7.82. The molecule has 4 unspecified atom stereocenters. The van der Waals surface area contributed by atoms with Crippen LogP contribution in [0.1, 0.15) is 59.8 Å². The predicted molar refractivity (Wildman–Crippen MR) is 76.6 cm³/mol. The van der Waals surface area contributed by atoms with E-state index in [1.54, 1.807) is 0 Å². The zero-order chi connectivity index (χ0) is 13.3. The van der Waals surface area contributed by atoms with Gasteiger partial charge in [-0.1, -0.05) is 27.2 Å². The topological polar surface area (TPSA) is 23.5 Å². The Hall–Kier alpha value is -0.0800. The molecule has 4 atom stereocenters. The summed E-state index contributed by atoms with van der Waals surface area (Å²) in [5, 5.41) is 10.6. The molecule has 2 rings (SSSR count). The summed E-state index contributed by atoms with van der Waals surface area (Å²) in [6.45, 7) is 11.5. The van der Waals surface area contributed by atoms with Gasteiger partial charge >= 0.3 is 0 Å². The Morgan fingerprint density at radius 3 is 2.61 bits per heavy atom. The van der Waals surface area contributed by atoms with E-state index >= 15 is 0 Å². The fourth-order valence-electron chi connectivity index (χ4n) is 3.89. The molecular weight excluding hydrogens is 222 g/mol. The van der Waals surface area contributed by atoms with Crippen molar-refractivity contribution in [3.05, 3.63) is 0 Å². The second-order valence-electron chi connectivity index (χ2n) is 7.57. The zero-order valence-electron chi connectivity index (χ0n) is 12.7. The standard InChI is InChI=1S/C16H31NO/c1-12-7-8-13(2)17(10-12)11-14-6-5-9-16(3,4)15(14)18/h12-15,18H,5-11H2,1-4H3. The van der Waals surface area contributed by atoms with Crippen molar-refractivity contribution in [3.63, 3.8) is 0 Å². The number of rotatable bonds is 2. The smallest absolute Gasteiger partial charge is 0.0631 e. The highest BCUT2D eigenvalue weighted by Crippen LogP contribution is 2.39. The molecule has 0 radical (unpaired) electrons. The van der Waals surface area contributed by atoms with Crippen LogP contribution in [0.5, 0.6) is 0 Å². The largest absolute Gasteiger partial charge is 0.392 e. The Balaban J connectivity index is 1.95. The summed E-state index contributed by atoms with van der Waals surface area (Å²) < 4.78 is 0. The van der Waals surface area contributed by atoms with Crippen LogP contribution in [-0.4, -0.2) is 35.2 Å². The van der Waals surface area contributed by atoms with E-state index in [4.69, 9.17) is 0 Å². The summed E-state index contributed by atoms with van der Waals surface area (Å²) in [5.74, 6) is 1.32. The quantitative estimate of drug-likeness (QED) is 0.816. The van der Waals surface area contributed by atoms with Gasteiger partial charge in [0.2, 0.25) is 0 Å². The van der Waals surface area contributed by atoms with Crippen LogP contribution in [0.25, 0.3) is 0 Å². The number of hydrogen-bond donors (Lipinski definition) is 1. The van der Waals surface area contributed by atoms with Crippen molar-refractivity contribution in [2.24, 2.45) is 17.3 Å². The SMILES string of the molecule is CC1CCC(C)N(CC2CCCC(C)(C)C2O)C1. The molecule has 0 amide bonds. The van der Waals surface area contributed by atoms with E-state index < -0.39 is 0 Å². The van der Waals surface area contributed by atoms with Gasteiger partial charge in [0.1, 0.15) is 0 Å². The first kappa shape index (κ1) is 14.3. The van der Waals surface area contributed by atoms with Gasteiger partial charge in [0.15, 0.2) is 0 Å². The summed E-state index contributed by atoms with van der Waals surface area (Å²) in [5.41, 5.74) is 0.119. The van der Waals surface area contributed by atoms with Gasteiger partial charge < -0.3 is 10.0 Å². The second kappa shape index (κ2) is 5.50. The van der Waals surface area contributed by atoms with Crippen LogP contribution >= 0.6 is 0 Å². The number of likely N-dealkylation sites (tertiary alicyclic amines) is 1. The molecule has 0 spiro atoms. The maximum absolute atomic E-state index is 10.6. The van der Waals surface area contributed by atoms with Crippen molar-refractivity contribution < 1.29 is 5.11 Å². The van der Waals surface area contributed by atoms with Crippen LogP contribution < -0.4 is 0 Å². The summed E-state index contributed by atoms with van der Waals surface area (Å²) in [7, 11) is 0. The van der Waals surface area contributed by atoms with Crippen LogP contribution in [0.15, 0.2) is 0 Å². The fourth-order valence-corrected chi connectivity index (χ4v) is 3.89. The van der Waals surface area contributed by atoms with Crippen molar-refractivity contribution in [1.82, 2.24) is 4.90 Å². The molecule has 2 aliphatic rings. The Morgan fingerprint density at radius 1 is 1.17 bits per heavy atom. The van der Waals surface area contributed by atoms with Crippen LogP contribution in [0.4, 0.5) is 0 Å². The lowest BCUT2D eigenvalue weighted by Crippen LogP contribution is -2.49. The normalized spacial score (nSPS) is 41.8. The number of piperidine rings is 1. The molecule has 1 aliphatic heterocycles. The van der Waals surface area contributed by atoms with E-state index in [2.05, 4.69) is 32.6 Å². The van der Waals surface area contributed by atoms with Crippen LogP contribution in [0.3, 0.4) is 0 Å². The average Bonchev–Trinajstić information content (AvgIpc) is 2.30. The molecule has 0 aromatic rings. The Kier molecular flexibility index (Phi) is 4.38. The van der Waals surface area contributed by atoms with Crippen molar-refractivity contribution in [2.75, 3.05) is 13.1 Å². The zero-order valence-corrected chi connectivity index (χ0v) is 12.7. The van der Waals surface area contributed by atoms with Gasteiger partial charge in [-0.2, -0.15) is 0 Å². The van der Waals surface area contributed by atoms with Crippen LogP contribution in [0.2, 0.25) is 0 Å². The van der Waals surface area contributed by atoms with Crippen molar-refractivity contribution in [2.45, 2.75) is 71.9 Å². The fraction of sp³-hybridized carbons (Fsp3) is 1.00. The molecule has 2 heteroatoms. The third-order valence-electron chi connectivity index (χ3n) is 5.36. The van der Waals surface area contributed by atoms with E-state index in [-0.39, 0.29) is 11.5 Å². The maximum Gasteiger partial charge on any atom is 0.0631 e. The lowest BCUT2D eigenvalue weighted by atomic mass is 9.69. The molecule has 1 saturated heterocycles. The number of nitrogens with zero attached hydrogens (tertiary/aromatic N) is 1. The molecule has 106 valence electrons. The van der Waals surface area contributed by atoms with E-state index in [9.17, 15) is 5.11 Å². The maximum atomic E-state index is 10.6. The van der Waals surface area contributed by atoms with E-state index in [1.807, 2.05) is 0 Å². The number of aliphatic hydroxyl groups is 1. The number of aliphatic hydroxyl groups excluding tert-OH is 1. The first-order chi connectivity index (χ1) is 8.40. The molecule has 2 nitrogen and oxygen atoms in total.